The van der Waals surface area contributed by atoms with Crippen LogP contribution >= 0.6 is 11.6 Å². The second-order valence-electron chi connectivity index (χ2n) is 10.7. The van der Waals surface area contributed by atoms with Crippen LogP contribution in [0.3, 0.4) is 0 Å². The minimum atomic E-state index is -0.613. The lowest BCUT2D eigenvalue weighted by molar-refractivity contribution is 0.0499. The van der Waals surface area contributed by atoms with Gasteiger partial charge in [-0.2, -0.15) is 10.2 Å². The molecule has 0 bridgehead atoms. The maximum absolute atomic E-state index is 13.8. The van der Waals surface area contributed by atoms with Gasteiger partial charge in [0.05, 0.1) is 24.7 Å². The van der Waals surface area contributed by atoms with Crippen molar-refractivity contribution in [3.63, 3.8) is 0 Å². The average Bonchev–Trinajstić information content (AvgIpc) is 3.28. The number of imidazole rings is 1. The number of aryl methyl sites for hydroxylation is 1. The number of ether oxygens (including phenoxy) is 1. The molecule has 0 unspecified atom stereocenters. The minimum absolute atomic E-state index is 0.0719. The highest BCUT2D eigenvalue weighted by Crippen LogP contribution is 2.24. The topological polar surface area (TPSA) is 127 Å². The molecule has 1 fully saturated rings. The lowest BCUT2D eigenvalue weighted by Crippen LogP contribution is -2.49. The molecule has 1 aliphatic heterocycles. The van der Waals surface area contributed by atoms with Crippen LogP contribution in [0.1, 0.15) is 51.7 Å². The van der Waals surface area contributed by atoms with Crippen molar-refractivity contribution in [2.45, 2.75) is 65.3 Å². The summed E-state index contributed by atoms with van der Waals surface area (Å²) in [7, 11) is 1.57. The van der Waals surface area contributed by atoms with Gasteiger partial charge in [0.25, 0.3) is 5.56 Å². The van der Waals surface area contributed by atoms with Crippen LogP contribution in [0, 0.1) is 23.2 Å². The SMILES string of the molecule is CC#CCn1c(N2CCC[C@@H](NC(=O)OC(C)(C)C)C2)nc2c1c(=O)n(Cc1ccc(C#N)cc1Cl)c(=O)n2C. The lowest BCUT2D eigenvalue weighted by Gasteiger charge is -2.34. The Kier molecular flexibility index (Phi) is 8.26. The first-order valence-electron chi connectivity index (χ1n) is 13.0. The summed E-state index contributed by atoms with van der Waals surface area (Å²) in [5.41, 5.74) is -0.274. The maximum atomic E-state index is 13.8. The number of anilines is 1. The molecule has 2 aromatic heterocycles. The van der Waals surface area contributed by atoms with Crippen LogP contribution in [0.2, 0.25) is 5.02 Å². The highest BCUT2D eigenvalue weighted by Gasteiger charge is 2.29. The zero-order chi connectivity index (χ0) is 29.2. The number of halogens is 1. The number of amides is 1. The van der Waals surface area contributed by atoms with Gasteiger partial charge in [-0.05, 0) is 58.2 Å². The molecule has 11 nitrogen and oxygen atoms in total. The number of hydrogen-bond acceptors (Lipinski definition) is 7. The normalized spacial score (nSPS) is 15.3. The molecule has 12 heteroatoms. The van der Waals surface area contributed by atoms with Crippen molar-refractivity contribution in [3.8, 4) is 17.9 Å². The van der Waals surface area contributed by atoms with E-state index >= 15 is 0 Å². The number of carbonyl (C=O) groups is 1. The predicted octanol–water partition coefficient (Wildman–Crippen LogP) is 2.99. The maximum Gasteiger partial charge on any atom is 0.407 e. The molecule has 1 aromatic carbocycles. The molecule has 0 spiro atoms. The van der Waals surface area contributed by atoms with E-state index in [4.69, 9.17) is 26.6 Å². The highest BCUT2D eigenvalue weighted by atomic mass is 35.5. The molecule has 210 valence electrons. The number of piperidine rings is 1. The van der Waals surface area contributed by atoms with Gasteiger partial charge in [0, 0.05) is 31.2 Å². The summed E-state index contributed by atoms with van der Waals surface area (Å²) >= 11 is 6.35. The molecular weight excluding hydrogens is 534 g/mol. The van der Waals surface area contributed by atoms with Crippen molar-refractivity contribution in [3.05, 3.63) is 55.2 Å². The van der Waals surface area contributed by atoms with Crippen LogP contribution in [0.15, 0.2) is 27.8 Å². The molecule has 1 atom stereocenters. The third-order valence-electron chi connectivity index (χ3n) is 6.56. The van der Waals surface area contributed by atoms with Gasteiger partial charge in [-0.15, -0.1) is 5.92 Å². The van der Waals surface area contributed by atoms with E-state index in [0.29, 0.717) is 30.2 Å². The third-order valence-corrected chi connectivity index (χ3v) is 6.91. The number of nitriles is 1. The van der Waals surface area contributed by atoms with E-state index < -0.39 is 22.9 Å². The number of carbonyl (C=O) groups excluding carboxylic acids is 1. The number of nitrogens with one attached hydrogen (secondary N) is 1. The molecule has 40 heavy (non-hydrogen) atoms. The fraction of sp³-hybridized carbons (Fsp3) is 0.464. The highest BCUT2D eigenvalue weighted by molar-refractivity contribution is 6.31. The van der Waals surface area contributed by atoms with E-state index in [-0.39, 0.29) is 35.3 Å². The molecule has 3 aromatic rings. The standard InChI is InChI=1S/C28H32ClN7O4/c1-6-7-13-35-22-23(32-25(35)34-12-8-9-20(17-34)31-26(38)40-28(2,3)4)33(5)27(39)36(24(22)37)16-19-11-10-18(15-30)14-21(19)29/h10-11,14,20H,8-9,12-13,16-17H2,1-5H3,(H,31,38)/t20-/m1/s1. The van der Waals surface area contributed by atoms with Crippen molar-refractivity contribution in [1.82, 2.24) is 24.0 Å². The summed E-state index contributed by atoms with van der Waals surface area (Å²) in [5.74, 6) is 6.37. The molecule has 1 amide bonds. The summed E-state index contributed by atoms with van der Waals surface area (Å²) in [6.45, 7) is 8.35. The Morgan fingerprint density at radius 1 is 1.27 bits per heavy atom. The molecule has 3 heterocycles. The second kappa shape index (κ2) is 11.5. The zero-order valence-corrected chi connectivity index (χ0v) is 24.0. The Labute approximate surface area is 236 Å². The van der Waals surface area contributed by atoms with Gasteiger partial charge in [-0.3, -0.25) is 18.5 Å². The molecule has 0 aliphatic carbocycles. The quantitative estimate of drug-likeness (QED) is 0.471. The summed E-state index contributed by atoms with van der Waals surface area (Å²) in [5, 5.41) is 12.4. The van der Waals surface area contributed by atoms with Crippen LogP contribution in [0.4, 0.5) is 10.7 Å². The number of benzene rings is 1. The molecule has 4 rings (SSSR count). The summed E-state index contributed by atoms with van der Waals surface area (Å²) in [6.07, 6.45) is 1.06. The van der Waals surface area contributed by atoms with Gasteiger partial charge in [-0.25, -0.2) is 9.59 Å². The molecule has 1 N–H and O–H groups in total. The number of aromatic nitrogens is 4. The minimum Gasteiger partial charge on any atom is -0.444 e. The van der Waals surface area contributed by atoms with Crippen molar-refractivity contribution in [2.75, 3.05) is 18.0 Å². The van der Waals surface area contributed by atoms with Gasteiger partial charge in [0.2, 0.25) is 5.95 Å². The van der Waals surface area contributed by atoms with Crippen molar-refractivity contribution in [2.24, 2.45) is 7.05 Å². The van der Waals surface area contributed by atoms with Crippen LogP contribution in [-0.4, -0.2) is 49.5 Å². The summed E-state index contributed by atoms with van der Waals surface area (Å²) in [4.78, 5) is 46.3. The molecule has 0 radical (unpaired) electrons. The van der Waals surface area contributed by atoms with Crippen molar-refractivity contribution >= 4 is 34.8 Å². The number of nitrogens with zero attached hydrogens (tertiary/aromatic N) is 6. The van der Waals surface area contributed by atoms with Gasteiger partial charge in [-0.1, -0.05) is 23.6 Å². The van der Waals surface area contributed by atoms with Crippen LogP contribution in [0.5, 0.6) is 0 Å². The second-order valence-corrected chi connectivity index (χ2v) is 11.1. The molecular formula is C28H32ClN7O4. The number of rotatable bonds is 5. The zero-order valence-electron chi connectivity index (χ0n) is 23.2. The van der Waals surface area contributed by atoms with Crippen LogP contribution in [0.25, 0.3) is 11.2 Å². The first-order chi connectivity index (χ1) is 18.9. The Morgan fingerprint density at radius 2 is 2.02 bits per heavy atom. The van der Waals surface area contributed by atoms with E-state index in [1.54, 1.807) is 30.7 Å². The monoisotopic (exact) mass is 565 g/mol. The van der Waals surface area contributed by atoms with E-state index in [0.717, 1.165) is 17.4 Å². The first kappa shape index (κ1) is 28.8. The number of fused-ring (bicyclic) bond motifs is 1. The Bertz CT molecular complexity index is 1680. The van der Waals surface area contributed by atoms with Crippen LogP contribution in [-0.2, 0) is 24.9 Å². The van der Waals surface area contributed by atoms with E-state index in [9.17, 15) is 14.4 Å². The number of alkyl carbamates (subject to hydrolysis) is 1. The fourth-order valence-corrected chi connectivity index (χ4v) is 4.96. The Hall–Kier alpha value is -4.22. The molecule has 1 saturated heterocycles. The van der Waals surface area contributed by atoms with Gasteiger partial charge < -0.3 is 15.0 Å². The molecule has 1 aliphatic rings. The van der Waals surface area contributed by atoms with Gasteiger partial charge in [0.1, 0.15) is 5.60 Å². The van der Waals surface area contributed by atoms with Crippen LogP contribution < -0.4 is 21.5 Å². The summed E-state index contributed by atoms with van der Waals surface area (Å²) < 4.78 is 9.59. The predicted molar refractivity (Wildman–Crippen MR) is 153 cm³/mol. The van der Waals surface area contributed by atoms with E-state index in [1.165, 1.54) is 10.6 Å². The smallest absolute Gasteiger partial charge is 0.407 e. The van der Waals surface area contributed by atoms with E-state index in [1.807, 2.05) is 31.7 Å². The van der Waals surface area contributed by atoms with Gasteiger partial charge in [0.15, 0.2) is 11.2 Å². The summed E-state index contributed by atoms with van der Waals surface area (Å²) in [6, 6.07) is 6.56. The average molecular weight is 566 g/mol. The Balaban J connectivity index is 1.76. The number of hydrogen-bond donors (Lipinski definition) is 1. The largest absolute Gasteiger partial charge is 0.444 e. The third kappa shape index (κ3) is 6.00. The van der Waals surface area contributed by atoms with Gasteiger partial charge >= 0.3 is 11.8 Å². The van der Waals surface area contributed by atoms with E-state index in [2.05, 4.69) is 17.2 Å². The first-order valence-corrected chi connectivity index (χ1v) is 13.3. The fourth-order valence-electron chi connectivity index (χ4n) is 4.72. The van der Waals surface area contributed by atoms with Crippen molar-refractivity contribution in [1.29, 1.82) is 5.26 Å². The molecule has 0 saturated carbocycles. The lowest BCUT2D eigenvalue weighted by atomic mass is 10.1. The van der Waals surface area contributed by atoms with Crippen molar-refractivity contribution < 1.29 is 9.53 Å². The Morgan fingerprint density at radius 3 is 2.67 bits per heavy atom.